The van der Waals surface area contributed by atoms with Gasteiger partial charge in [0.05, 0.1) is 19.9 Å². The molecule has 1 aliphatic heterocycles. The summed E-state index contributed by atoms with van der Waals surface area (Å²) in [4.78, 5) is 15.1. The number of hydrogen-bond donors (Lipinski definition) is 1. The lowest BCUT2D eigenvalue weighted by atomic mass is 10.00. The molecule has 0 saturated heterocycles. The normalized spacial score (nSPS) is 13.2. The predicted octanol–water partition coefficient (Wildman–Crippen LogP) is 3.95. The van der Waals surface area contributed by atoms with E-state index in [-0.39, 0.29) is 5.91 Å². The lowest BCUT2D eigenvalue weighted by molar-refractivity contribution is 0.0727. The van der Waals surface area contributed by atoms with Crippen LogP contribution in [0.3, 0.4) is 0 Å². The van der Waals surface area contributed by atoms with Crippen molar-refractivity contribution in [2.24, 2.45) is 0 Å². The highest BCUT2D eigenvalue weighted by atomic mass is 35.5. The van der Waals surface area contributed by atoms with Crippen LogP contribution in [-0.2, 0) is 13.0 Å². The highest BCUT2D eigenvalue weighted by Crippen LogP contribution is 2.33. The molecule has 0 atom stereocenters. The minimum Gasteiger partial charge on any atom is -0.496 e. The van der Waals surface area contributed by atoms with Gasteiger partial charge in [0.1, 0.15) is 17.1 Å². The molecule has 0 unspecified atom stereocenters. The smallest absolute Gasteiger partial charge is 0.261 e. The van der Waals surface area contributed by atoms with Gasteiger partial charge in [0.15, 0.2) is 0 Å². The molecule has 28 heavy (non-hydrogen) atoms. The first-order valence-corrected chi connectivity index (χ1v) is 9.32. The number of nitrogens with one attached hydrogen (secondary N) is 1. The summed E-state index contributed by atoms with van der Waals surface area (Å²) < 4.78 is 10.8. The molecular weight excluding hydrogens is 378 g/mol. The SMILES string of the molecule is COc1cccc(OC)c1C(=O)N1CCc2[nH]nc(-c3cccc(Cl)c3)c2C1. The van der Waals surface area contributed by atoms with Crippen LogP contribution in [0.1, 0.15) is 21.6 Å². The number of hydrogen-bond acceptors (Lipinski definition) is 4. The second-order valence-electron chi connectivity index (χ2n) is 6.55. The minimum absolute atomic E-state index is 0.127. The van der Waals surface area contributed by atoms with Gasteiger partial charge in [0.2, 0.25) is 0 Å². The lowest BCUT2D eigenvalue weighted by Gasteiger charge is -2.28. The molecule has 0 spiro atoms. The number of rotatable bonds is 4. The van der Waals surface area contributed by atoms with Crippen molar-refractivity contribution in [2.45, 2.75) is 13.0 Å². The molecule has 3 aromatic rings. The highest BCUT2D eigenvalue weighted by Gasteiger charge is 2.29. The van der Waals surface area contributed by atoms with Gasteiger partial charge in [-0.3, -0.25) is 9.89 Å². The monoisotopic (exact) mass is 397 g/mol. The van der Waals surface area contributed by atoms with E-state index < -0.39 is 0 Å². The maximum Gasteiger partial charge on any atom is 0.261 e. The van der Waals surface area contributed by atoms with Crippen LogP contribution in [0.4, 0.5) is 0 Å². The zero-order valence-corrected chi connectivity index (χ0v) is 16.4. The summed E-state index contributed by atoms with van der Waals surface area (Å²) in [5, 5.41) is 8.23. The Morgan fingerprint density at radius 2 is 1.86 bits per heavy atom. The zero-order valence-electron chi connectivity index (χ0n) is 15.7. The van der Waals surface area contributed by atoms with Gasteiger partial charge < -0.3 is 14.4 Å². The van der Waals surface area contributed by atoms with Gasteiger partial charge in [0, 0.05) is 41.4 Å². The summed E-state index contributed by atoms with van der Waals surface area (Å²) in [6.45, 7) is 1.04. The summed E-state index contributed by atoms with van der Waals surface area (Å²) >= 11 is 6.14. The van der Waals surface area contributed by atoms with Crippen LogP contribution in [0.15, 0.2) is 42.5 Å². The predicted molar refractivity (Wildman–Crippen MR) is 107 cm³/mol. The Hall–Kier alpha value is -2.99. The number of amides is 1. The van der Waals surface area contributed by atoms with Crippen LogP contribution in [0, 0.1) is 0 Å². The standard InChI is InChI=1S/C21H20ClN3O3/c1-27-17-7-4-8-18(28-2)19(17)21(26)25-10-9-16-15(12-25)20(24-23-16)13-5-3-6-14(22)11-13/h3-8,11H,9-10,12H2,1-2H3,(H,23,24). The molecule has 7 heteroatoms. The van der Waals surface area contributed by atoms with Crippen LogP contribution in [0.25, 0.3) is 11.3 Å². The number of methoxy groups -OCH3 is 2. The van der Waals surface area contributed by atoms with Crippen molar-refractivity contribution in [3.8, 4) is 22.8 Å². The minimum atomic E-state index is -0.127. The maximum absolute atomic E-state index is 13.3. The second-order valence-corrected chi connectivity index (χ2v) is 6.99. The third-order valence-electron chi connectivity index (χ3n) is 4.96. The van der Waals surface area contributed by atoms with E-state index in [2.05, 4.69) is 10.2 Å². The molecule has 0 saturated carbocycles. The Kier molecular flexibility index (Phi) is 4.96. The summed E-state index contributed by atoms with van der Waals surface area (Å²) in [5.74, 6) is 0.869. The maximum atomic E-state index is 13.3. The molecule has 1 aromatic heterocycles. The Balaban J connectivity index is 1.68. The number of H-pyrrole nitrogens is 1. The first kappa shape index (κ1) is 18.4. The van der Waals surface area contributed by atoms with Crippen LogP contribution < -0.4 is 9.47 Å². The average Bonchev–Trinajstić information content (AvgIpc) is 3.15. The molecule has 0 aliphatic carbocycles. The van der Waals surface area contributed by atoms with E-state index in [4.69, 9.17) is 21.1 Å². The van der Waals surface area contributed by atoms with Crippen molar-refractivity contribution in [2.75, 3.05) is 20.8 Å². The molecule has 6 nitrogen and oxygen atoms in total. The van der Waals surface area contributed by atoms with Crippen LogP contribution in [-0.4, -0.2) is 41.8 Å². The van der Waals surface area contributed by atoms with Crippen molar-refractivity contribution < 1.29 is 14.3 Å². The summed E-state index contributed by atoms with van der Waals surface area (Å²) in [7, 11) is 3.10. The number of halogens is 1. The Morgan fingerprint density at radius 1 is 1.14 bits per heavy atom. The van der Waals surface area contributed by atoms with E-state index in [0.29, 0.717) is 41.6 Å². The molecule has 1 aliphatic rings. The highest BCUT2D eigenvalue weighted by molar-refractivity contribution is 6.30. The molecule has 144 valence electrons. The molecule has 1 N–H and O–H groups in total. The quantitative estimate of drug-likeness (QED) is 0.723. The van der Waals surface area contributed by atoms with Crippen molar-refractivity contribution in [3.63, 3.8) is 0 Å². The molecule has 2 heterocycles. The van der Waals surface area contributed by atoms with Gasteiger partial charge >= 0.3 is 0 Å². The fraction of sp³-hybridized carbons (Fsp3) is 0.238. The summed E-state index contributed by atoms with van der Waals surface area (Å²) in [6.07, 6.45) is 0.700. The third-order valence-corrected chi connectivity index (χ3v) is 5.20. The first-order valence-electron chi connectivity index (χ1n) is 8.94. The van der Waals surface area contributed by atoms with Crippen LogP contribution in [0.2, 0.25) is 5.02 Å². The summed E-state index contributed by atoms with van der Waals surface area (Å²) in [5.41, 5.74) is 4.24. The average molecular weight is 398 g/mol. The fourth-order valence-electron chi connectivity index (χ4n) is 3.56. The first-order chi connectivity index (χ1) is 13.6. The lowest BCUT2D eigenvalue weighted by Crippen LogP contribution is -2.36. The molecule has 0 fully saturated rings. The van der Waals surface area contributed by atoms with Crippen molar-refractivity contribution in [3.05, 3.63) is 64.3 Å². The van der Waals surface area contributed by atoms with E-state index in [1.807, 2.05) is 24.3 Å². The molecule has 0 bridgehead atoms. The molecule has 0 radical (unpaired) electrons. The van der Waals surface area contributed by atoms with Gasteiger partial charge in [-0.05, 0) is 24.3 Å². The second kappa shape index (κ2) is 7.56. The number of carbonyl (C=O) groups excluding carboxylic acids is 1. The van der Waals surface area contributed by atoms with E-state index >= 15 is 0 Å². The van der Waals surface area contributed by atoms with Gasteiger partial charge in [0.25, 0.3) is 5.91 Å². The van der Waals surface area contributed by atoms with Crippen LogP contribution >= 0.6 is 11.6 Å². The van der Waals surface area contributed by atoms with Gasteiger partial charge in [-0.2, -0.15) is 5.10 Å². The van der Waals surface area contributed by atoms with Gasteiger partial charge in [-0.1, -0.05) is 29.8 Å². The number of carbonyl (C=O) groups is 1. The number of ether oxygens (including phenoxy) is 2. The van der Waals surface area contributed by atoms with E-state index in [0.717, 1.165) is 22.5 Å². The zero-order chi connectivity index (χ0) is 19.7. The van der Waals surface area contributed by atoms with Gasteiger partial charge in [-0.25, -0.2) is 0 Å². The Morgan fingerprint density at radius 3 is 2.54 bits per heavy atom. The topological polar surface area (TPSA) is 67.5 Å². The number of fused-ring (bicyclic) bond motifs is 1. The van der Waals surface area contributed by atoms with E-state index in [1.165, 1.54) is 0 Å². The molecule has 2 aromatic carbocycles. The van der Waals surface area contributed by atoms with E-state index in [9.17, 15) is 4.79 Å². The number of benzene rings is 2. The van der Waals surface area contributed by atoms with Gasteiger partial charge in [-0.15, -0.1) is 0 Å². The van der Waals surface area contributed by atoms with Crippen molar-refractivity contribution >= 4 is 17.5 Å². The van der Waals surface area contributed by atoms with E-state index in [1.54, 1.807) is 37.3 Å². The van der Waals surface area contributed by atoms with Crippen molar-refractivity contribution in [1.29, 1.82) is 0 Å². The summed E-state index contributed by atoms with van der Waals surface area (Å²) in [6, 6.07) is 12.9. The van der Waals surface area contributed by atoms with Crippen LogP contribution in [0.5, 0.6) is 11.5 Å². The molecule has 4 rings (SSSR count). The number of nitrogens with zero attached hydrogens (tertiary/aromatic N) is 2. The fourth-order valence-corrected chi connectivity index (χ4v) is 3.75. The molecular formula is C21H20ClN3O3. The molecule has 1 amide bonds. The Labute approximate surface area is 168 Å². The largest absolute Gasteiger partial charge is 0.496 e. The number of aromatic amines is 1. The Bertz CT molecular complexity index is 1010. The van der Waals surface area contributed by atoms with Crippen molar-refractivity contribution in [1.82, 2.24) is 15.1 Å². The third kappa shape index (κ3) is 3.20. The number of aromatic nitrogens is 2.